The number of hydrogen-bond acceptors (Lipinski definition) is 10. The molecule has 0 aromatic rings. The number of carbonyl (C=O) groups is 4. The quantitative estimate of drug-likeness (QED) is 0.199. The Kier molecular flexibility index (Phi) is 8.29. The number of ketones is 1. The Morgan fingerprint density at radius 2 is 1.66 bits per heavy atom. The lowest BCUT2D eigenvalue weighted by atomic mass is 9.83. The maximum Gasteiger partial charge on any atom is 0.321 e. The zero-order valence-corrected chi connectivity index (χ0v) is 27.4. The second kappa shape index (κ2) is 12.2. The highest BCUT2D eigenvalue weighted by molar-refractivity contribution is 6.43. The third-order valence-electron chi connectivity index (χ3n) is 9.59. The number of methoxy groups -OCH3 is 1. The van der Waals surface area contributed by atoms with Crippen LogP contribution in [-0.4, -0.2) is 60.6 Å². The number of ether oxygens (including phenoxy) is 2. The van der Waals surface area contributed by atoms with E-state index in [1.807, 2.05) is 26.8 Å². The number of hydrogen-bond donors (Lipinski definition) is 0. The summed E-state index contributed by atoms with van der Waals surface area (Å²) in [6.45, 7) is 13.7. The molecule has 0 aromatic carbocycles. The van der Waals surface area contributed by atoms with Gasteiger partial charge < -0.3 is 9.47 Å². The molecule has 1 fully saturated rings. The van der Waals surface area contributed by atoms with Gasteiger partial charge in [-0.05, 0) is 68.6 Å². The van der Waals surface area contributed by atoms with Crippen LogP contribution in [0.2, 0.25) is 0 Å². The largest absolute Gasteiger partial charge is 0.468 e. The lowest BCUT2D eigenvalue weighted by Crippen LogP contribution is -2.25. The van der Waals surface area contributed by atoms with Gasteiger partial charge in [-0.25, -0.2) is 15.0 Å². The van der Waals surface area contributed by atoms with Gasteiger partial charge in [-0.1, -0.05) is 26.5 Å². The fourth-order valence-electron chi connectivity index (χ4n) is 7.10. The fourth-order valence-corrected chi connectivity index (χ4v) is 7.10. The van der Waals surface area contributed by atoms with Gasteiger partial charge >= 0.3 is 11.9 Å². The molecule has 6 aliphatic rings. The van der Waals surface area contributed by atoms with Gasteiger partial charge in [0.05, 0.1) is 53.6 Å². The van der Waals surface area contributed by atoms with Crippen LogP contribution < -0.4 is 0 Å². The zero-order chi connectivity index (χ0) is 33.7. The highest BCUT2D eigenvalue weighted by atomic mass is 16.5. The van der Waals surface area contributed by atoms with Crippen molar-refractivity contribution in [3.8, 4) is 0 Å². The van der Waals surface area contributed by atoms with Crippen molar-refractivity contribution >= 4 is 46.9 Å². The van der Waals surface area contributed by atoms with Gasteiger partial charge in [0.2, 0.25) is 0 Å². The van der Waals surface area contributed by atoms with Crippen molar-refractivity contribution < 1.29 is 28.7 Å². The molecule has 8 bridgehead atoms. The van der Waals surface area contributed by atoms with Crippen LogP contribution in [0, 0.1) is 17.8 Å². The average Bonchev–Trinajstić information content (AvgIpc) is 3.80. The van der Waals surface area contributed by atoms with Gasteiger partial charge in [0.25, 0.3) is 0 Å². The summed E-state index contributed by atoms with van der Waals surface area (Å²) < 4.78 is 10.4. The number of aliphatic imine (C=N–C) groups is 4. The summed E-state index contributed by atoms with van der Waals surface area (Å²) in [4.78, 5) is 72.1. The van der Waals surface area contributed by atoms with E-state index in [4.69, 9.17) is 29.4 Å². The normalized spacial score (nSPS) is 24.6. The minimum Gasteiger partial charge on any atom is -0.468 e. The van der Waals surface area contributed by atoms with Crippen molar-refractivity contribution in [3.63, 3.8) is 0 Å². The Labute approximate surface area is 273 Å². The van der Waals surface area contributed by atoms with E-state index in [-0.39, 0.29) is 30.8 Å². The summed E-state index contributed by atoms with van der Waals surface area (Å²) in [6.07, 6.45) is 9.08. The number of allylic oxidation sites excluding steroid dienone is 11. The zero-order valence-electron chi connectivity index (χ0n) is 27.4. The molecule has 0 unspecified atom stereocenters. The summed E-state index contributed by atoms with van der Waals surface area (Å²) in [5.74, 6) is -3.22. The fraction of sp³-hybridized carbons (Fsp3) is 0.351. The second-order valence-electron chi connectivity index (χ2n) is 12.0. The van der Waals surface area contributed by atoms with Crippen molar-refractivity contribution in [2.24, 2.45) is 37.7 Å². The molecule has 0 spiro atoms. The molecule has 1 aliphatic carbocycles. The number of carbonyl (C=O) groups excluding carboxylic acids is 4. The first-order valence-electron chi connectivity index (χ1n) is 15.8. The molecule has 10 nitrogen and oxygen atoms in total. The lowest BCUT2D eigenvalue weighted by molar-refractivity contribution is -0.146. The van der Waals surface area contributed by atoms with Crippen LogP contribution >= 0.6 is 0 Å². The Morgan fingerprint density at radius 3 is 2.32 bits per heavy atom. The standard InChI is InChI=1S/C37H36N4O6/c1-8-20-17(4)24-13-25-18(5)22(11-12-30(43)47-10-3)34(40-25)32-33(37(45)46-7)36(44)31-19(6)26(41-35(31)32)14-28-21(9-2)23(16-42)29(39-28)15-27(20)38-24/h8,13-16,18,22,33H,1,9-12H2,2-7H3/t18-,22-,33+/m0/s1. The van der Waals surface area contributed by atoms with E-state index in [0.29, 0.717) is 80.8 Å². The van der Waals surface area contributed by atoms with E-state index in [1.165, 1.54) is 7.11 Å². The number of fused-ring (bicyclic) bond motifs is 4. The third kappa shape index (κ3) is 5.03. The second-order valence-corrected chi connectivity index (χ2v) is 12.0. The molecule has 5 aliphatic heterocycles. The highest BCUT2D eigenvalue weighted by Gasteiger charge is 2.51. The van der Waals surface area contributed by atoms with Crippen molar-refractivity contribution in [2.75, 3.05) is 13.7 Å². The minimum absolute atomic E-state index is 0.135. The Bertz CT molecular complexity index is 1930. The molecule has 6 rings (SSSR count). The van der Waals surface area contributed by atoms with Gasteiger partial charge in [-0.3, -0.25) is 24.2 Å². The molecule has 47 heavy (non-hydrogen) atoms. The molecule has 1 saturated carbocycles. The summed E-state index contributed by atoms with van der Waals surface area (Å²) in [5.41, 5.74) is 8.65. The van der Waals surface area contributed by atoms with E-state index in [2.05, 4.69) is 6.58 Å². The van der Waals surface area contributed by atoms with E-state index < -0.39 is 17.7 Å². The molecule has 0 N–H and O–H groups in total. The molecular formula is C37H36N4O6. The Balaban J connectivity index is 1.67. The number of Topliss-reactive ketones (excluding diaryl/α,β-unsaturated/α-hetero) is 1. The smallest absolute Gasteiger partial charge is 0.321 e. The third-order valence-corrected chi connectivity index (χ3v) is 9.59. The maximum atomic E-state index is 14.1. The molecule has 3 atom stereocenters. The van der Waals surface area contributed by atoms with E-state index in [1.54, 1.807) is 32.1 Å². The molecule has 5 heterocycles. The minimum atomic E-state index is -1.25. The number of nitrogens with zero attached hydrogens (tertiary/aromatic N) is 4. The molecule has 240 valence electrons. The SMILES string of the molecule is C=CC1=C(C)C2=CC3=NC(=C4C5=NC(=CC6=NC(=CC1=N2)C(C=O)=C6CC)C(C)=C5C(=O)[C@@H]4C(=O)OC)[C@@H](CCC(=O)OCC)[C@@H]3C. The number of esters is 2. The first kappa shape index (κ1) is 31.8. The van der Waals surface area contributed by atoms with Crippen LogP contribution in [0.15, 0.2) is 113 Å². The van der Waals surface area contributed by atoms with E-state index >= 15 is 0 Å². The van der Waals surface area contributed by atoms with Crippen LogP contribution in [0.1, 0.15) is 53.9 Å². The van der Waals surface area contributed by atoms with Gasteiger partial charge in [-0.2, -0.15) is 0 Å². The average molecular weight is 633 g/mol. The highest BCUT2D eigenvalue weighted by Crippen LogP contribution is 2.47. The Hall–Kier alpha value is -5.12. The lowest BCUT2D eigenvalue weighted by Gasteiger charge is -2.20. The molecule has 0 radical (unpaired) electrons. The maximum absolute atomic E-state index is 14.1. The molecule has 0 amide bonds. The summed E-state index contributed by atoms with van der Waals surface area (Å²) in [6, 6.07) is 0. The van der Waals surface area contributed by atoms with Gasteiger partial charge in [-0.15, -0.1) is 0 Å². The summed E-state index contributed by atoms with van der Waals surface area (Å²) in [7, 11) is 1.25. The van der Waals surface area contributed by atoms with Gasteiger partial charge in [0.1, 0.15) is 5.92 Å². The molecule has 0 aromatic heterocycles. The summed E-state index contributed by atoms with van der Waals surface area (Å²) in [5, 5.41) is 0. The number of aldehydes is 1. The van der Waals surface area contributed by atoms with Crippen LogP contribution in [0.3, 0.4) is 0 Å². The van der Waals surface area contributed by atoms with Crippen LogP contribution in [-0.2, 0) is 28.7 Å². The van der Waals surface area contributed by atoms with Crippen molar-refractivity contribution in [1.82, 2.24) is 0 Å². The molecule has 10 heteroatoms. The molecular weight excluding hydrogens is 596 g/mol. The van der Waals surface area contributed by atoms with E-state index in [9.17, 15) is 19.2 Å². The van der Waals surface area contributed by atoms with E-state index in [0.717, 1.165) is 23.0 Å². The topological polar surface area (TPSA) is 136 Å². The van der Waals surface area contributed by atoms with Gasteiger partial charge in [0, 0.05) is 46.3 Å². The molecule has 0 saturated heterocycles. The van der Waals surface area contributed by atoms with Crippen molar-refractivity contribution in [1.29, 1.82) is 0 Å². The van der Waals surface area contributed by atoms with Crippen molar-refractivity contribution in [3.05, 3.63) is 92.7 Å². The predicted molar refractivity (Wildman–Crippen MR) is 179 cm³/mol. The predicted octanol–water partition coefficient (Wildman–Crippen LogP) is 5.42. The monoisotopic (exact) mass is 632 g/mol. The Morgan fingerprint density at radius 1 is 0.957 bits per heavy atom. The van der Waals surface area contributed by atoms with Crippen LogP contribution in [0.25, 0.3) is 0 Å². The first-order chi connectivity index (χ1) is 22.6. The first-order valence-corrected chi connectivity index (χ1v) is 15.8. The van der Waals surface area contributed by atoms with Crippen molar-refractivity contribution in [2.45, 2.75) is 53.9 Å². The van der Waals surface area contributed by atoms with Gasteiger partial charge in [0.15, 0.2) is 12.1 Å². The van der Waals surface area contributed by atoms with Crippen LogP contribution in [0.4, 0.5) is 0 Å². The number of rotatable bonds is 8. The van der Waals surface area contributed by atoms with Crippen LogP contribution in [0.5, 0.6) is 0 Å². The summed E-state index contributed by atoms with van der Waals surface area (Å²) >= 11 is 0.